The van der Waals surface area contributed by atoms with E-state index in [1.165, 1.54) is 18.2 Å². The van der Waals surface area contributed by atoms with Crippen molar-refractivity contribution >= 4 is 22.9 Å². The number of aromatic nitrogens is 1. The lowest BCUT2D eigenvalue weighted by atomic mass is 10.0. The minimum atomic E-state index is -1.20. The molecule has 1 aromatic heterocycles. The van der Waals surface area contributed by atoms with Gasteiger partial charge in [0.25, 0.3) is 0 Å². The third kappa shape index (κ3) is 4.33. The number of nitrogens with zero attached hydrogens (tertiary/aromatic N) is 2. The fraction of sp³-hybridized carbons (Fsp3) is 0.409. The zero-order valence-electron chi connectivity index (χ0n) is 16.3. The zero-order chi connectivity index (χ0) is 20.5. The van der Waals surface area contributed by atoms with Crippen LogP contribution in [-0.4, -0.2) is 39.2 Å². The summed E-state index contributed by atoms with van der Waals surface area (Å²) in [6.07, 6.45) is 5.15. The molecule has 3 rings (SSSR count). The maximum absolute atomic E-state index is 13.8. The van der Waals surface area contributed by atoms with Gasteiger partial charge in [0, 0.05) is 29.6 Å². The Kier molecular flexibility index (Phi) is 5.70. The molecule has 0 aliphatic carbocycles. The molecular weight excluding hydrogens is 362 g/mol. The number of amides is 1. The van der Waals surface area contributed by atoms with Crippen molar-refractivity contribution in [2.75, 3.05) is 13.1 Å². The Bertz CT molecular complexity index is 944. The predicted molar refractivity (Wildman–Crippen MR) is 107 cm³/mol. The Hall–Kier alpha value is -2.47. The number of aryl methyl sites for hydroxylation is 1. The molecule has 6 heteroatoms. The first-order chi connectivity index (χ1) is 13.2. The van der Waals surface area contributed by atoms with Crippen LogP contribution in [-0.2, 0) is 11.3 Å². The van der Waals surface area contributed by atoms with Gasteiger partial charge in [0.2, 0.25) is 5.91 Å². The predicted octanol–water partition coefficient (Wildman–Crippen LogP) is 4.35. The van der Waals surface area contributed by atoms with Crippen molar-refractivity contribution in [3.05, 3.63) is 53.8 Å². The van der Waals surface area contributed by atoms with Crippen LogP contribution in [0, 0.1) is 12.7 Å². The number of rotatable bonds is 6. The number of hydrogen-bond donors (Lipinski definition) is 1. The number of fused-ring (bicyclic) bond motifs is 1. The highest BCUT2D eigenvalue weighted by Gasteiger charge is 2.30. The van der Waals surface area contributed by atoms with Crippen LogP contribution in [0.15, 0.2) is 36.7 Å². The average Bonchev–Trinajstić information content (AvgIpc) is 2.86. The third-order valence-electron chi connectivity index (χ3n) is 5.20. The van der Waals surface area contributed by atoms with Crippen LogP contribution in [0.5, 0.6) is 0 Å². The van der Waals surface area contributed by atoms with Crippen molar-refractivity contribution in [2.45, 2.75) is 45.3 Å². The molecule has 1 aromatic carbocycles. The van der Waals surface area contributed by atoms with Gasteiger partial charge in [0.1, 0.15) is 11.6 Å². The first-order valence-electron chi connectivity index (χ1n) is 9.49. The molecule has 28 heavy (non-hydrogen) atoms. The smallest absolute Gasteiger partial charge is 0.222 e. The van der Waals surface area contributed by atoms with Crippen LogP contribution in [0.4, 0.5) is 8.78 Å². The Morgan fingerprint density at radius 3 is 2.79 bits per heavy atom. The molecule has 150 valence electrons. The number of piperidine rings is 1. The molecule has 4 nitrogen and oxygen atoms in total. The van der Waals surface area contributed by atoms with Gasteiger partial charge in [0.05, 0.1) is 18.7 Å². The number of allylic oxidation sites excluding steroid dienone is 2. The number of β-amino-alcohol motifs (C(OH)–C–C–N with tert-alkyl or cyclic N) is 1. The highest BCUT2D eigenvalue weighted by atomic mass is 19.1. The molecular formula is C22H26F2N2O2. The fourth-order valence-corrected chi connectivity index (χ4v) is 3.90. The fourth-order valence-electron chi connectivity index (χ4n) is 3.90. The number of hydrogen-bond acceptors (Lipinski definition) is 2. The molecule has 0 spiro atoms. The van der Waals surface area contributed by atoms with Crippen LogP contribution >= 0.6 is 0 Å². The van der Waals surface area contributed by atoms with E-state index < -0.39 is 11.4 Å². The van der Waals surface area contributed by atoms with Crippen LogP contribution in [0.1, 0.15) is 37.4 Å². The Balaban J connectivity index is 1.99. The first-order valence-corrected chi connectivity index (χ1v) is 9.49. The minimum Gasteiger partial charge on any atom is -0.386 e. The van der Waals surface area contributed by atoms with Gasteiger partial charge < -0.3 is 14.6 Å². The van der Waals surface area contributed by atoms with Crippen LogP contribution < -0.4 is 0 Å². The number of carbonyl (C=O) groups excluding carboxylic acids is 1. The molecule has 1 atom stereocenters. The van der Waals surface area contributed by atoms with Crippen LogP contribution in [0.2, 0.25) is 0 Å². The van der Waals surface area contributed by atoms with Crippen molar-refractivity contribution in [1.82, 2.24) is 9.47 Å². The Labute approximate surface area is 163 Å². The second-order valence-corrected chi connectivity index (χ2v) is 7.81. The van der Waals surface area contributed by atoms with Gasteiger partial charge in [-0.3, -0.25) is 4.79 Å². The number of aliphatic hydroxyl groups is 1. The standard InChI is InChI=1S/C22H26F2N2O2/c1-15(23)7-9-19-16(2)18-12-17(24)8-10-20(18)26(19)14-22(3,28)13-25-11-5-4-6-21(25)27/h7-10,12,28H,1,4-6,11,13-14H2,2-3H3/b9-7-. The van der Waals surface area contributed by atoms with Gasteiger partial charge in [-0.15, -0.1) is 0 Å². The normalized spacial score (nSPS) is 17.5. The van der Waals surface area contributed by atoms with E-state index in [4.69, 9.17) is 0 Å². The van der Waals surface area contributed by atoms with E-state index in [2.05, 4.69) is 6.58 Å². The van der Waals surface area contributed by atoms with Crippen molar-refractivity contribution < 1.29 is 18.7 Å². The number of carbonyl (C=O) groups is 1. The van der Waals surface area contributed by atoms with Gasteiger partial charge in [-0.25, -0.2) is 8.78 Å². The van der Waals surface area contributed by atoms with Gasteiger partial charge in [-0.1, -0.05) is 6.58 Å². The lowest BCUT2D eigenvalue weighted by Crippen LogP contribution is -2.48. The molecule has 1 aliphatic rings. The number of benzene rings is 1. The third-order valence-corrected chi connectivity index (χ3v) is 5.20. The second kappa shape index (κ2) is 7.87. The first kappa shape index (κ1) is 20.3. The van der Waals surface area contributed by atoms with Gasteiger partial charge >= 0.3 is 0 Å². The topological polar surface area (TPSA) is 45.5 Å². The lowest BCUT2D eigenvalue weighted by Gasteiger charge is -2.34. The summed E-state index contributed by atoms with van der Waals surface area (Å²) in [6, 6.07) is 4.45. The summed E-state index contributed by atoms with van der Waals surface area (Å²) in [4.78, 5) is 13.8. The highest BCUT2D eigenvalue weighted by Crippen LogP contribution is 2.30. The van der Waals surface area contributed by atoms with Gasteiger partial charge in [-0.2, -0.15) is 0 Å². The van der Waals surface area contributed by atoms with E-state index in [-0.39, 0.29) is 24.8 Å². The van der Waals surface area contributed by atoms with Gasteiger partial charge in [-0.05, 0) is 62.6 Å². The summed E-state index contributed by atoms with van der Waals surface area (Å²) in [5.74, 6) is -0.895. The quantitative estimate of drug-likeness (QED) is 0.748. The summed E-state index contributed by atoms with van der Waals surface area (Å²) in [7, 11) is 0. The zero-order valence-corrected chi connectivity index (χ0v) is 16.3. The summed E-state index contributed by atoms with van der Waals surface area (Å²) in [6.45, 7) is 7.80. The van der Waals surface area contributed by atoms with E-state index >= 15 is 0 Å². The molecule has 1 saturated heterocycles. The minimum absolute atomic E-state index is 0.0518. The van der Waals surface area contributed by atoms with E-state index in [0.717, 1.165) is 23.9 Å². The molecule has 1 amide bonds. The van der Waals surface area contributed by atoms with Crippen molar-refractivity contribution in [3.63, 3.8) is 0 Å². The van der Waals surface area contributed by atoms with Gasteiger partial charge in [0.15, 0.2) is 0 Å². The Morgan fingerprint density at radius 2 is 2.11 bits per heavy atom. The monoisotopic (exact) mass is 388 g/mol. The molecule has 0 radical (unpaired) electrons. The van der Waals surface area contributed by atoms with Crippen molar-refractivity contribution in [2.24, 2.45) is 0 Å². The molecule has 1 fully saturated rings. The van der Waals surface area contributed by atoms with E-state index in [1.54, 1.807) is 24.0 Å². The molecule has 1 aliphatic heterocycles. The Morgan fingerprint density at radius 1 is 1.36 bits per heavy atom. The van der Waals surface area contributed by atoms with E-state index in [1.807, 2.05) is 11.5 Å². The van der Waals surface area contributed by atoms with E-state index in [9.17, 15) is 18.7 Å². The lowest BCUT2D eigenvalue weighted by molar-refractivity contribution is -0.137. The molecule has 0 saturated carbocycles. The SMILES string of the molecule is C=C(F)/C=C\c1c(C)c2cc(F)ccc2n1CC(C)(O)CN1CCCCC1=O. The molecule has 2 heterocycles. The maximum atomic E-state index is 13.8. The molecule has 0 bridgehead atoms. The summed E-state index contributed by atoms with van der Waals surface area (Å²) < 4.78 is 28.8. The second-order valence-electron chi connectivity index (χ2n) is 7.81. The maximum Gasteiger partial charge on any atom is 0.222 e. The van der Waals surface area contributed by atoms with Crippen molar-refractivity contribution in [1.29, 1.82) is 0 Å². The molecule has 1 unspecified atom stereocenters. The average molecular weight is 388 g/mol. The number of halogens is 2. The van der Waals surface area contributed by atoms with E-state index in [0.29, 0.717) is 24.0 Å². The molecule has 1 N–H and O–H groups in total. The molecule has 2 aromatic rings. The number of likely N-dealkylation sites (tertiary alicyclic amines) is 1. The van der Waals surface area contributed by atoms with Crippen LogP contribution in [0.25, 0.3) is 17.0 Å². The largest absolute Gasteiger partial charge is 0.386 e. The summed E-state index contributed by atoms with van der Waals surface area (Å²) >= 11 is 0. The van der Waals surface area contributed by atoms with Crippen LogP contribution in [0.3, 0.4) is 0 Å². The summed E-state index contributed by atoms with van der Waals surface area (Å²) in [5, 5.41) is 11.8. The highest BCUT2D eigenvalue weighted by molar-refractivity contribution is 5.88. The van der Waals surface area contributed by atoms with Crippen molar-refractivity contribution in [3.8, 4) is 0 Å². The summed E-state index contributed by atoms with van der Waals surface area (Å²) in [5.41, 5.74) is 1.00.